The number of halogens is 2. The predicted molar refractivity (Wildman–Crippen MR) is 75.9 cm³/mol. The molecular formula is C14H9ClFN3O. The van der Waals surface area contributed by atoms with Crippen molar-refractivity contribution in [1.82, 2.24) is 9.97 Å². The molecule has 6 heteroatoms. The Morgan fingerprint density at radius 1 is 1.10 bits per heavy atom. The number of fused-ring (bicyclic) bond motifs is 1. The molecule has 2 N–H and O–H groups in total. The van der Waals surface area contributed by atoms with Gasteiger partial charge in [-0.15, -0.1) is 0 Å². The van der Waals surface area contributed by atoms with Gasteiger partial charge in [0.25, 0.3) is 0 Å². The lowest BCUT2D eigenvalue weighted by Crippen LogP contribution is -1.98. The van der Waals surface area contributed by atoms with Gasteiger partial charge < -0.3 is 10.4 Å². The van der Waals surface area contributed by atoms with Crippen molar-refractivity contribution in [3.05, 3.63) is 53.6 Å². The third kappa shape index (κ3) is 2.12. The zero-order valence-corrected chi connectivity index (χ0v) is 10.9. The van der Waals surface area contributed by atoms with E-state index in [2.05, 4.69) is 15.3 Å². The Kier molecular flexibility index (Phi) is 3.12. The zero-order chi connectivity index (χ0) is 14.1. The van der Waals surface area contributed by atoms with Crippen LogP contribution in [0.5, 0.6) is 5.75 Å². The van der Waals surface area contributed by atoms with Crippen LogP contribution in [0.4, 0.5) is 15.9 Å². The number of aromatic nitrogens is 2. The topological polar surface area (TPSA) is 58.0 Å². The minimum absolute atomic E-state index is 0.0597. The lowest BCUT2D eigenvalue weighted by atomic mass is 10.2. The summed E-state index contributed by atoms with van der Waals surface area (Å²) in [7, 11) is 0. The second-order valence-corrected chi connectivity index (χ2v) is 4.50. The van der Waals surface area contributed by atoms with Gasteiger partial charge in [0, 0.05) is 0 Å². The normalized spacial score (nSPS) is 10.7. The van der Waals surface area contributed by atoms with Gasteiger partial charge in [0.05, 0.1) is 16.6 Å². The van der Waals surface area contributed by atoms with Crippen molar-refractivity contribution in [2.45, 2.75) is 0 Å². The summed E-state index contributed by atoms with van der Waals surface area (Å²) in [4.78, 5) is 8.04. The number of benzene rings is 2. The van der Waals surface area contributed by atoms with Crippen molar-refractivity contribution in [2.75, 3.05) is 5.32 Å². The van der Waals surface area contributed by atoms with E-state index in [1.807, 2.05) is 0 Å². The van der Waals surface area contributed by atoms with E-state index in [1.54, 1.807) is 24.3 Å². The van der Waals surface area contributed by atoms with Crippen LogP contribution in [0.25, 0.3) is 10.9 Å². The Hall–Kier alpha value is -2.40. The van der Waals surface area contributed by atoms with Crippen molar-refractivity contribution in [2.24, 2.45) is 0 Å². The molecule has 4 nitrogen and oxygen atoms in total. The van der Waals surface area contributed by atoms with Crippen molar-refractivity contribution in [1.29, 1.82) is 0 Å². The summed E-state index contributed by atoms with van der Waals surface area (Å²) in [6.07, 6.45) is 1.33. The first-order valence-corrected chi connectivity index (χ1v) is 6.18. The molecule has 0 aliphatic rings. The zero-order valence-electron chi connectivity index (χ0n) is 10.1. The summed E-state index contributed by atoms with van der Waals surface area (Å²) in [5.41, 5.74) is 0.925. The molecule has 0 spiro atoms. The van der Waals surface area contributed by atoms with Crippen LogP contribution >= 0.6 is 11.6 Å². The van der Waals surface area contributed by atoms with Crippen LogP contribution in [-0.4, -0.2) is 15.1 Å². The highest BCUT2D eigenvalue weighted by Gasteiger charge is 2.11. The number of phenolic OH excluding ortho intramolecular Hbond substituents is 1. The molecule has 0 saturated carbocycles. The fourth-order valence-electron chi connectivity index (χ4n) is 1.91. The predicted octanol–water partition coefficient (Wildman–Crippen LogP) is 3.87. The van der Waals surface area contributed by atoms with E-state index >= 15 is 0 Å². The fraction of sp³-hybridized carbons (Fsp3) is 0. The summed E-state index contributed by atoms with van der Waals surface area (Å²) in [6.45, 7) is 0. The molecule has 0 aliphatic heterocycles. The molecule has 0 radical (unpaired) electrons. The lowest BCUT2D eigenvalue weighted by Gasteiger charge is -2.10. The van der Waals surface area contributed by atoms with Crippen molar-refractivity contribution < 1.29 is 9.50 Å². The summed E-state index contributed by atoms with van der Waals surface area (Å²) >= 11 is 5.98. The molecular weight excluding hydrogens is 281 g/mol. The molecule has 100 valence electrons. The molecule has 1 aromatic heterocycles. The number of rotatable bonds is 2. The van der Waals surface area contributed by atoms with E-state index in [9.17, 15) is 9.50 Å². The molecule has 3 rings (SSSR count). The molecule has 1 heterocycles. The number of hydrogen-bond acceptors (Lipinski definition) is 4. The van der Waals surface area contributed by atoms with Crippen molar-refractivity contribution in [3.8, 4) is 5.75 Å². The van der Waals surface area contributed by atoms with Gasteiger partial charge in [0.2, 0.25) is 0 Å². The molecule has 0 amide bonds. The van der Waals surface area contributed by atoms with Crippen molar-refractivity contribution >= 4 is 34.0 Å². The molecule has 2 aromatic carbocycles. The Balaban J connectivity index is 2.14. The minimum atomic E-state index is -0.429. The van der Waals surface area contributed by atoms with Crippen LogP contribution in [-0.2, 0) is 0 Å². The summed E-state index contributed by atoms with van der Waals surface area (Å²) in [5, 5.41) is 12.9. The van der Waals surface area contributed by atoms with E-state index in [-0.39, 0.29) is 16.2 Å². The minimum Gasteiger partial charge on any atom is -0.506 e. The van der Waals surface area contributed by atoms with Crippen LogP contribution in [0.1, 0.15) is 0 Å². The standard InChI is InChI=1S/C14H9ClFN3O/c15-13-10(5-2-6-11(13)20)19-14-12-8(16)3-1-4-9(12)17-7-18-14/h1-7,20H,(H,17,18,19). The van der Waals surface area contributed by atoms with Gasteiger partial charge in [-0.05, 0) is 24.3 Å². The van der Waals surface area contributed by atoms with Crippen LogP contribution in [0.15, 0.2) is 42.7 Å². The first kappa shape index (κ1) is 12.6. The van der Waals surface area contributed by atoms with Gasteiger partial charge in [0.1, 0.15) is 28.7 Å². The fourth-order valence-corrected chi connectivity index (χ4v) is 2.08. The van der Waals surface area contributed by atoms with Gasteiger partial charge >= 0.3 is 0 Å². The quantitative estimate of drug-likeness (QED) is 0.752. The van der Waals surface area contributed by atoms with Gasteiger partial charge in [-0.25, -0.2) is 14.4 Å². The van der Waals surface area contributed by atoms with Gasteiger partial charge in [-0.2, -0.15) is 0 Å². The average molecular weight is 290 g/mol. The van der Waals surface area contributed by atoms with Crippen LogP contribution in [0.3, 0.4) is 0 Å². The second kappa shape index (κ2) is 4.94. The highest BCUT2D eigenvalue weighted by molar-refractivity contribution is 6.34. The summed E-state index contributed by atoms with van der Waals surface area (Å²) in [6, 6.07) is 9.36. The Bertz CT molecular complexity index is 789. The van der Waals surface area contributed by atoms with Crippen LogP contribution in [0, 0.1) is 5.82 Å². The Morgan fingerprint density at radius 2 is 1.90 bits per heavy atom. The van der Waals surface area contributed by atoms with E-state index < -0.39 is 5.82 Å². The van der Waals surface area contributed by atoms with E-state index in [1.165, 1.54) is 18.5 Å². The average Bonchev–Trinajstić information content (AvgIpc) is 2.44. The first-order chi connectivity index (χ1) is 9.66. The number of phenols is 1. The SMILES string of the molecule is Oc1cccc(Nc2ncnc3cccc(F)c23)c1Cl. The van der Waals surface area contributed by atoms with Crippen LogP contribution < -0.4 is 5.32 Å². The highest BCUT2D eigenvalue weighted by atomic mass is 35.5. The first-order valence-electron chi connectivity index (χ1n) is 5.80. The number of nitrogens with zero attached hydrogens (tertiary/aromatic N) is 2. The summed E-state index contributed by atoms with van der Waals surface area (Å²) < 4.78 is 13.9. The maximum absolute atomic E-state index is 13.9. The maximum atomic E-state index is 13.9. The Morgan fingerprint density at radius 3 is 2.75 bits per heavy atom. The molecule has 0 bridgehead atoms. The number of nitrogens with one attached hydrogen (secondary N) is 1. The molecule has 0 atom stereocenters. The van der Waals surface area contributed by atoms with E-state index in [4.69, 9.17) is 11.6 Å². The summed E-state index contributed by atoms with van der Waals surface area (Å²) in [5.74, 6) is -0.196. The molecule has 3 aromatic rings. The van der Waals surface area contributed by atoms with Gasteiger partial charge in [-0.1, -0.05) is 23.7 Å². The number of hydrogen-bond donors (Lipinski definition) is 2. The third-order valence-electron chi connectivity index (χ3n) is 2.84. The number of anilines is 2. The monoisotopic (exact) mass is 289 g/mol. The molecule has 0 saturated heterocycles. The highest BCUT2D eigenvalue weighted by Crippen LogP contribution is 2.34. The molecule has 0 unspecified atom stereocenters. The maximum Gasteiger partial charge on any atom is 0.144 e. The Labute approximate surface area is 118 Å². The smallest absolute Gasteiger partial charge is 0.144 e. The van der Waals surface area contributed by atoms with Crippen LogP contribution in [0.2, 0.25) is 5.02 Å². The third-order valence-corrected chi connectivity index (χ3v) is 3.24. The van der Waals surface area contributed by atoms with Crippen molar-refractivity contribution in [3.63, 3.8) is 0 Å². The largest absolute Gasteiger partial charge is 0.506 e. The second-order valence-electron chi connectivity index (χ2n) is 4.12. The molecule has 20 heavy (non-hydrogen) atoms. The van der Waals surface area contributed by atoms with Gasteiger partial charge in [0.15, 0.2) is 0 Å². The van der Waals surface area contributed by atoms with Gasteiger partial charge in [-0.3, -0.25) is 0 Å². The lowest BCUT2D eigenvalue weighted by molar-refractivity contribution is 0.476. The van der Waals surface area contributed by atoms with E-state index in [0.29, 0.717) is 17.0 Å². The molecule has 0 fully saturated rings. The number of aromatic hydroxyl groups is 1. The van der Waals surface area contributed by atoms with E-state index in [0.717, 1.165) is 0 Å². The molecule has 0 aliphatic carbocycles.